The smallest absolute Gasteiger partial charge is 0.333 e. The van der Waals surface area contributed by atoms with Gasteiger partial charge >= 0.3 is 10.3 Å². The largest absolute Gasteiger partial charge is 0.387 e. The zero-order chi connectivity index (χ0) is 22.2. The molecule has 1 aliphatic heterocycles. The highest BCUT2D eigenvalue weighted by atomic mass is 32.2. The van der Waals surface area contributed by atoms with Crippen molar-refractivity contribution in [2.75, 3.05) is 12.3 Å². The monoisotopic (exact) mass is 450 g/mol. The molecular formula is C18H22N6O6S. The van der Waals surface area contributed by atoms with E-state index in [2.05, 4.69) is 15.1 Å². The maximum Gasteiger partial charge on any atom is 0.333 e. The molecule has 6 N–H and O–H groups in total. The van der Waals surface area contributed by atoms with Crippen LogP contribution in [0.4, 0.5) is 5.82 Å². The van der Waals surface area contributed by atoms with Crippen molar-refractivity contribution in [3.63, 3.8) is 0 Å². The number of nitrogens with one attached hydrogen (secondary N) is 1. The highest BCUT2D eigenvalue weighted by Crippen LogP contribution is 2.33. The Morgan fingerprint density at radius 3 is 2.58 bits per heavy atom. The molecule has 1 saturated heterocycles. The molecule has 4 rings (SSSR count). The van der Waals surface area contributed by atoms with Gasteiger partial charge < -0.3 is 20.7 Å². The Kier molecular flexibility index (Phi) is 5.88. The summed E-state index contributed by atoms with van der Waals surface area (Å²) in [5.74, 6) is 0.219. The predicted molar refractivity (Wildman–Crippen MR) is 109 cm³/mol. The number of fused-ring (bicyclic) bond motifs is 1. The summed E-state index contributed by atoms with van der Waals surface area (Å²) in [5, 5.41) is 25.8. The van der Waals surface area contributed by atoms with Crippen LogP contribution in [0.25, 0.3) is 11.0 Å². The number of aryl methyl sites for hydroxylation is 2. The number of hydrogen-bond donors (Lipinski definition) is 5. The van der Waals surface area contributed by atoms with Crippen molar-refractivity contribution in [3.8, 4) is 0 Å². The van der Waals surface area contributed by atoms with Crippen molar-refractivity contribution < 1.29 is 27.9 Å². The minimum Gasteiger partial charge on any atom is -0.387 e. The first-order chi connectivity index (χ1) is 14.7. The van der Waals surface area contributed by atoms with E-state index in [9.17, 15) is 18.6 Å². The van der Waals surface area contributed by atoms with Crippen molar-refractivity contribution in [2.24, 2.45) is 0 Å². The second-order valence-corrected chi connectivity index (χ2v) is 8.44. The van der Waals surface area contributed by atoms with Crippen LogP contribution in [0.1, 0.15) is 17.5 Å². The summed E-state index contributed by atoms with van der Waals surface area (Å²) in [6.07, 6.45) is -2.66. The van der Waals surface area contributed by atoms with Crippen LogP contribution in [-0.4, -0.2) is 67.8 Å². The Labute approximate surface area is 177 Å². The van der Waals surface area contributed by atoms with Crippen LogP contribution in [0, 0.1) is 0 Å². The maximum atomic E-state index is 10.9. The molecule has 0 radical (unpaired) electrons. The number of rotatable bonds is 7. The molecule has 0 bridgehead atoms. The van der Waals surface area contributed by atoms with Gasteiger partial charge in [0, 0.05) is 6.54 Å². The third-order valence-corrected chi connectivity index (χ3v) is 5.66. The standard InChI is InChI=1S/C18H22N6O6S/c19-16-13-11(7-6-10-4-2-1-3-5-10)23-24(17(13)21-9-20-16)18-15(26)14(25)12(30-18)8-22-31(27,28)29/h1-5,9,12,14-15,18,22,25-26H,6-8H2,(H2,19,20,21)(H,27,28,29)/t12-,14-,15-,18-/m1/s1. The highest BCUT2D eigenvalue weighted by molar-refractivity contribution is 7.83. The zero-order valence-corrected chi connectivity index (χ0v) is 17.1. The Hall–Kier alpha value is -2.68. The first-order valence-corrected chi connectivity index (χ1v) is 10.9. The van der Waals surface area contributed by atoms with Gasteiger partial charge in [0.05, 0.1) is 11.1 Å². The third kappa shape index (κ3) is 4.51. The van der Waals surface area contributed by atoms with Crippen LogP contribution in [0.2, 0.25) is 0 Å². The van der Waals surface area contributed by atoms with Crippen molar-refractivity contribution >= 4 is 27.2 Å². The molecule has 0 unspecified atom stereocenters. The van der Waals surface area contributed by atoms with Gasteiger partial charge in [-0.2, -0.15) is 18.2 Å². The van der Waals surface area contributed by atoms with E-state index < -0.39 is 41.4 Å². The van der Waals surface area contributed by atoms with E-state index in [1.807, 2.05) is 35.1 Å². The first-order valence-electron chi connectivity index (χ1n) is 9.50. The molecular weight excluding hydrogens is 428 g/mol. The summed E-state index contributed by atoms with van der Waals surface area (Å²) in [4.78, 5) is 8.24. The van der Waals surface area contributed by atoms with Gasteiger partial charge in [0.1, 0.15) is 30.5 Å². The van der Waals surface area contributed by atoms with E-state index in [1.165, 1.54) is 11.0 Å². The summed E-state index contributed by atoms with van der Waals surface area (Å²) >= 11 is 0. The minimum atomic E-state index is -4.49. The highest BCUT2D eigenvalue weighted by Gasteiger charge is 2.45. The minimum absolute atomic E-state index is 0.219. The van der Waals surface area contributed by atoms with Crippen molar-refractivity contribution in [3.05, 3.63) is 47.9 Å². The Balaban J connectivity index is 1.64. The quantitative estimate of drug-likeness (QED) is 0.285. The number of aromatic nitrogens is 4. The lowest BCUT2D eigenvalue weighted by Crippen LogP contribution is -2.39. The molecule has 1 aliphatic rings. The van der Waals surface area contributed by atoms with E-state index in [-0.39, 0.29) is 5.82 Å². The number of anilines is 1. The molecule has 0 saturated carbocycles. The predicted octanol–water partition coefficient (Wildman–Crippen LogP) is -0.795. The van der Waals surface area contributed by atoms with Crippen LogP contribution in [0.5, 0.6) is 0 Å². The molecule has 0 spiro atoms. The van der Waals surface area contributed by atoms with Gasteiger partial charge in [0.25, 0.3) is 0 Å². The van der Waals surface area contributed by atoms with Gasteiger partial charge in [0.15, 0.2) is 11.9 Å². The van der Waals surface area contributed by atoms with Gasteiger partial charge in [-0.05, 0) is 18.4 Å². The van der Waals surface area contributed by atoms with E-state index in [1.54, 1.807) is 0 Å². The molecule has 13 heteroatoms. The molecule has 0 amide bonds. The number of nitrogens with zero attached hydrogens (tertiary/aromatic N) is 4. The topological polar surface area (TPSA) is 186 Å². The lowest BCUT2D eigenvalue weighted by Gasteiger charge is -2.15. The number of ether oxygens (including phenoxy) is 1. The summed E-state index contributed by atoms with van der Waals surface area (Å²) in [7, 11) is -4.49. The Morgan fingerprint density at radius 1 is 1.13 bits per heavy atom. The van der Waals surface area contributed by atoms with E-state index in [4.69, 9.17) is 15.0 Å². The third-order valence-electron chi connectivity index (χ3n) is 5.13. The molecule has 31 heavy (non-hydrogen) atoms. The molecule has 3 heterocycles. The molecule has 4 atom stereocenters. The zero-order valence-electron chi connectivity index (χ0n) is 16.2. The maximum absolute atomic E-state index is 10.9. The molecule has 1 aromatic carbocycles. The molecule has 2 aromatic heterocycles. The Bertz CT molecular complexity index is 1170. The van der Waals surface area contributed by atoms with Crippen LogP contribution < -0.4 is 10.5 Å². The van der Waals surface area contributed by atoms with Crippen molar-refractivity contribution in [1.82, 2.24) is 24.5 Å². The molecule has 1 fully saturated rings. The average molecular weight is 450 g/mol. The number of hydrogen-bond acceptors (Lipinski definition) is 9. The molecule has 3 aromatic rings. The normalized spacial score (nSPS) is 24.1. The lowest BCUT2D eigenvalue weighted by molar-refractivity contribution is -0.0403. The fourth-order valence-electron chi connectivity index (χ4n) is 3.61. The van der Waals surface area contributed by atoms with Gasteiger partial charge in [-0.3, -0.25) is 4.55 Å². The van der Waals surface area contributed by atoms with Gasteiger partial charge in [-0.15, -0.1) is 0 Å². The van der Waals surface area contributed by atoms with Crippen LogP contribution in [-0.2, 0) is 27.9 Å². The summed E-state index contributed by atoms with van der Waals surface area (Å²) in [5.41, 5.74) is 8.08. The second kappa shape index (κ2) is 8.45. The number of benzene rings is 1. The van der Waals surface area contributed by atoms with Crippen LogP contribution >= 0.6 is 0 Å². The lowest BCUT2D eigenvalue weighted by atomic mass is 10.1. The molecule has 166 valence electrons. The van der Waals surface area contributed by atoms with Gasteiger partial charge in [0.2, 0.25) is 0 Å². The second-order valence-electron chi connectivity index (χ2n) is 7.20. The Morgan fingerprint density at radius 2 is 1.87 bits per heavy atom. The number of aliphatic hydroxyl groups is 2. The molecule has 12 nitrogen and oxygen atoms in total. The number of nitrogens with two attached hydrogens (primary N) is 1. The van der Waals surface area contributed by atoms with Crippen molar-refractivity contribution in [2.45, 2.75) is 37.4 Å². The van der Waals surface area contributed by atoms with Crippen LogP contribution in [0.15, 0.2) is 36.7 Å². The fourth-order valence-corrected chi connectivity index (χ4v) is 3.99. The number of aliphatic hydroxyl groups excluding tert-OH is 2. The van der Waals surface area contributed by atoms with E-state index in [0.29, 0.717) is 29.6 Å². The number of nitrogen functional groups attached to an aromatic ring is 1. The summed E-state index contributed by atoms with van der Waals surface area (Å²) in [6, 6.07) is 9.79. The van der Waals surface area contributed by atoms with Crippen LogP contribution in [0.3, 0.4) is 0 Å². The SMILES string of the molecule is Nc1ncnc2c1c(CCc1ccccc1)nn2[C@@H]1O[C@H](CNS(=O)(=O)O)[C@@H](O)[C@H]1O. The average Bonchev–Trinajstić information content (AvgIpc) is 3.24. The van der Waals surface area contributed by atoms with Crippen molar-refractivity contribution in [1.29, 1.82) is 0 Å². The summed E-state index contributed by atoms with van der Waals surface area (Å²) < 4.78 is 39.5. The first kappa shape index (κ1) is 21.5. The van der Waals surface area contributed by atoms with Gasteiger partial charge in [-0.1, -0.05) is 30.3 Å². The van der Waals surface area contributed by atoms with E-state index in [0.717, 1.165) is 5.56 Å². The molecule has 0 aliphatic carbocycles. The van der Waals surface area contributed by atoms with E-state index >= 15 is 0 Å². The summed E-state index contributed by atoms with van der Waals surface area (Å²) in [6.45, 7) is -0.440. The fraction of sp³-hybridized carbons (Fsp3) is 0.389. The van der Waals surface area contributed by atoms with Gasteiger partial charge in [-0.25, -0.2) is 14.6 Å².